The minimum atomic E-state index is -0.689. The van der Waals surface area contributed by atoms with Gasteiger partial charge in [0.05, 0.1) is 49.2 Å². The lowest BCUT2D eigenvalue weighted by Gasteiger charge is -2.30. The van der Waals surface area contributed by atoms with Crippen LogP contribution in [0.1, 0.15) is 114 Å². The van der Waals surface area contributed by atoms with E-state index in [0.29, 0.717) is 13.1 Å². The number of likely N-dealkylation sites (tertiary alicyclic amines) is 2. The van der Waals surface area contributed by atoms with Gasteiger partial charge in [0.1, 0.15) is 23.7 Å². The van der Waals surface area contributed by atoms with Gasteiger partial charge in [0.15, 0.2) is 0 Å². The number of ether oxygens (including phenoxy) is 2. The molecule has 2 aromatic heterocycles. The number of carbonyl (C=O) groups excluding carboxylic acids is 4. The molecule has 2 aliphatic heterocycles. The van der Waals surface area contributed by atoms with E-state index in [-0.39, 0.29) is 41.1 Å². The second kappa shape index (κ2) is 18.0. The van der Waals surface area contributed by atoms with Crippen molar-refractivity contribution in [1.29, 1.82) is 0 Å². The maximum absolute atomic E-state index is 13.8. The molecular formula is C51H62N8O6. The van der Waals surface area contributed by atoms with Gasteiger partial charge in [-0.15, -0.1) is 0 Å². The molecule has 0 radical (unpaired) electrons. The molecule has 4 aliphatic rings. The summed E-state index contributed by atoms with van der Waals surface area (Å²) in [6.45, 7) is 8.90. The lowest BCUT2D eigenvalue weighted by molar-refractivity contribution is -0.136. The first-order valence-electron chi connectivity index (χ1n) is 23.5. The second-order valence-electron chi connectivity index (χ2n) is 19.4. The van der Waals surface area contributed by atoms with E-state index in [0.717, 1.165) is 78.0 Å². The first kappa shape index (κ1) is 44.0. The van der Waals surface area contributed by atoms with Crippen molar-refractivity contribution in [1.82, 2.24) is 40.4 Å². The average molecular weight is 883 g/mol. The molecule has 14 nitrogen and oxygen atoms in total. The first-order chi connectivity index (χ1) is 31.4. The Hall–Kier alpha value is -6.18. The Labute approximate surface area is 380 Å². The van der Waals surface area contributed by atoms with Crippen molar-refractivity contribution in [3.8, 4) is 33.5 Å². The number of nitrogens with one attached hydrogen (secondary N) is 4. The number of aromatic nitrogens is 4. The number of methoxy groups -OCH3 is 2. The molecular weight excluding hydrogens is 821 g/mol. The molecule has 3 fully saturated rings. The van der Waals surface area contributed by atoms with Crippen LogP contribution in [0.4, 0.5) is 9.59 Å². The summed E-state index contributed by atoms with van der Waals surface area (Å²) < 4.78 is 9.64. The van der Waals surface area contributed by atoms with E-state index in [9.17, 15) is 19.2 Å². The zero-order valence-electron chi connectivity index (χ0n) is 38.5. The standard InChI is InChI=1S/C51H62N8O6/c1-29(2)43(56-49(62)64-5)47(60)58-23-9-11-41(58)45-52-28-40(55-45)35-19-18-34(36-26-51(27-37(35)36)21-7-8-22-51)32-15-13-31(14-16-32)33-17-20-38-39(25-33)54-46(53-38)42-12-10-24-59(42)48(61)44(30(3)4)57-50(63)65-6/h13-20,25,28-30,41-44H,7-12,21-24,26-27H2,1-6H3,(H,52,55)(H,53,54)(H,56,62)(H,57,63)/t41?,42?,43-,44-/m0/s1. The second-order valence-corrected chi connectivity index (χ2v) is 19.4. The number of amides is 4. The van der Waals surface area contributed by atoms with Crippen LogP contribution < -0.4 is 10.6 Å². The van der Waals surface area contributed by atoms with E-state index in [1.54, 1.807) is 0 Å². The number of hydrogen-bond donors (Lipinski definition) is 4. The van der Waals surface area contributed by atoms with Crippen molar-refractivity contribution in [2.45, 2.75) is 116 Å². The van der Waals surface area contributed by atoms with Crippen molar-refractivity contribution < 1.29 is 28.7 Å². The summed E-state index contributed by atoms with van der Waals surface area (Å²) in [4.78, 5) is 72.6. The number of hydrogen-bond acceptors (Lipinski definition) is 8. The topological polar surface area (TPSA) is 175 Å². The molecule has 2 saturated heterocycles. The molecule has 14 heteroatoms. The number of carbonyl (C=O) groups is 4. The summed E-state index contributed by atoms with van der Waals surface area (Å²) in [5, 5.41) is 5.48. The van der Waals surface area contributed by atoms with Gasteiger partial charge >= 0.3 is 12.2 Å². The zero-order chi connectivity index (χ0) is 45.6. The normalized spacial score (nSPS) is 19.9. The van der Waals surface area contributed by atoms with Crippen molar-refractivity contribution in [3.05, 3.63) is 83.6 Å². The van der Waals surface area contributed by atoms with Gasteiger partial charge in [-0.2, -0.15) is 0 Å². The quantitative estimate of drug-likeness (QED) is 0.102. The number of benzene rings is 3. The summed E-state index contributed by atoms with van der Waals surface area (Å²) in [5.41, 5.74) is 11.6. The van der Waals surface area contributed by atoms with Gasteiger partial charge in [0, 0.05) is 18.7 Å². The zero-order valence-corrected chi connectivity index (χ0v) is 38.5. The monoisotopic (exact) mass is 882 g/mol. The largest absolute Gasteiger partial charge is 0.453 e. The number of nitrogens with zero attached hydrogens (tertiary/aromatic N) is 4. The Bertz CT molecular complexity index is 2590. The van der Waals surface area contributed by atoms with Crippen LogP contribution in [-0.2, 0) is 31.9 Å². The van der Waals surface area contributed by atoms with Crippen LogP contribution >= 0.6 is 0 Å². The van der Waals surface area contributed by atoms with Crippen LogP contribution in [-0.4, -0.2) is 93.1 Å². The van der Waals surface area contributed by atoms with E-state index < -0.39 is 24.3 Å². The number of rotatable bonds is 11. The number of H-pyrrole nitrogens is 2. The number of imidazole rings is 2. The smallest absolute Gasteiger partial charge is 0.407 e. The highest BCUT2D eigenvalue weighted by Crippen LogP contribution is 2.53. The van der Waals surface area contributed by atoms with Crippen molar-refractivity contribution in [2.24, 2.45) is 17.3 Å². The highest BCUT2D eigenvalue weighted by molar-refractivity contribution is 5.88. The summed E-state index contributed by atoms with van der Waals surface area (Å²) in [6, 6.07) is 17.9. The fourth-order valence-corrected chi connectivity index (χ4v) is 11.1. The van der Waals surface area contributed by atoms with Crippen LogP contribution in [0, 0.1) is 17.3 Å². The summed E-state index contributed by atoms with van der Waals surface area (Å²) >= 11 is 0. The Morgan fingerprint density at radius 1 is 0.677 bits per heavy atom. The van der Waals surface area contributed by atoms with E-state index in [1.165, 1.54) is 67.7 Å². The van der Waals surface area contributed by atoms with Crippen molar-refractivity contribution in [2.75, 3.05) is 27.3 Å². The van der Waals surface area contributed by atoms with Crippen LogP contribution in [0.15, 0.2) is 60.8 Å². The van der Waals surface area contributed by atoms with E-state index in [2.05, 4.69) is 69.1 Å². The van der Waals surface area contributed by atoms with Gasteiger partial charge in [0.25, 0.3) is 0 Å². The maximum atomic E-state index is 13.8. The minimum Gasteiger partial charge on any atom is -0.453 e. The summed E-state index contributed by atoms with van der Waals surface area (Å²) in [7, 11) is 2.61. The molecule has 4 atom stereocenters. The molecule has 9 rings (SSSR count). The van der Waals surface area contributed by atoms with Gasteiger partial charge in [-0.3, -0.25) is 9.59 Å². The number of fused-ring (bicyclic) bond motifs is 2. The Morgan fingerprint density at radius 3 is 1.80 bits per heavy atom. The molecule has 3 aromatic carbocycles. The van der Waals surface area contributed by atoms with Gasteiger partial charge in [-0.05, 0) is 114 Å². The predicted molar refractivity (Wildman–Crippen MR) is 249 cm³/mol. The van der Waals surface area contributed by atoms with E-state index >= 15 is 0 Å². The Morgan fingerprint density at radius 2 is 1.22 bits per heavy atom. The molecule has 4 heterocycles. The van der Waals surface area contributed by atoms with Crippen LogP contribution in [0.5, 0.6) is 0 Å². The van der Waals surface area contributed by atoms with Crippen molar-refractivity contribution in [3.63, 3.8) is 0 Å². The van der Waals surface area contributed by atoms with Gasteiger partial charge < -0.3 is 39.9 Å². The van der Waals surface area contributed by atoms with E-state index in [1.807, 2.05) is 49.8 Å². The molecule has 1 spiro atoms. The Balaban J connectivity index is 0.957. The van der Waals surface area contributed by atoms with Gasteiger partial charge in [-0.1, -0.05) is 83.0 Å². The lowest BCUT2D eigenvalue weighted by Crippen LogP contribution is -2.51. The lowest BCUT2D eigenvalue weighted by atomic mass is 9.82. The molecule has 4 amide bonds. The van der Waals surface area contributed by atoms with Crippen molar-refractivity contribution >= 4 is 35.0 Å². The highest BCUT2D eigenvalue weighted by Gasteiger charge is 2.43. The fourth-order valence-electron chi connectivity index (χ4n) is 11.1. The fraction of sp³-hybridized carbons (Fsp3) is 0.490. The molecule has 4 N–H and O–H groups in total. The molecule has 2 unspecified atom stereocenters. The van der Waals surface area contributed by atoms with Gasteiger partial charge in [0.2, 0.25) is 11.8 Å². The highest BCUT2D eigenvalue weighted by atomic mass is 16.5. The molecule has 1 saturated carbocycles. The maximum Gasteiger partial charge on any atom is 0.407 e. The Kier molecular flexibility index (Phi) is 12.2. The third-order valence-electron chi connectivity index (χ3n) is 14.6. The van der Waals surface area contributed by atoms with Crippen LogP contribution in [0.3, 0.4) is 0 Å². The summed E-state index contributed by atoms with van der Waals surface area (Å²) in [5.74, 6) is 1.08. The average Bonchev–Trinajstić information content (AvgIpc) is 4.17. The van der Waals surface area contributed by atoms with Crippen LogP contribution in [0.25, 0.3) is 44.5 Å². The third-order valence-corrected chi connectivity index (χ3v) is 14.6. The SMILES string of the molecule is COC(=O)N[C@H](C(=O)N1CCCC1c1ncc(-c2ccc(-c3ccc(-c4ccc5nc(C6CCCN6C(=O)[C@@H](NC(=O)OC)C(C)C)[nH]c5c4)cc3)c3c2CC2(CCCC2)C3)[nH]1)C(C)C. The molecule has 342 valence electrons. The third kappa shape index (κ3) is 8.47. The molecule has 2 aliphatic carbocycles. The minimum absolute atomic E-state index is 0.103. The first-order valence-corrected chi connectivity index (χ1v) is 23.5. The van der Waals surface area contributed by atoms with E-state index in [4.69, 9.17) is 19.4 Å². The molecule has 5 aromatic rings. The number of alkyl carbamates (subject to hydrolysis) is 2. The summed E-state index contributed by atoms with van der Waals surface area (Å²) in [6.07, 6.45) is 11.1. The predicted octanol–water partition coefficient (Wildman–Crippen LogP) is 9.03. The van der Waals surface area contributed by atoms with Crippen LogP contribution in [0.2, 0.25) is 0 Å². The van der Waals surface area contributed by atoms with Gasteiger partial charge in [-0.25, -0.2) is 19.6 Å². The molecule has 65 heavy (non-hydrogen) atoms. The molecule has 0 bridgehead atoms. The number of aromatic amines is 2.